The zero-order chi connectivity index (χ0) is 23.7. The molecule has 0 N–H and O–H groups in total. The third-order valence-electron chi connectivity index (χ3n) is 7.26. The Morgan fingerprint density at radius 3 is 2.32 bits per heavy atom. The van der Waals surface area contributed by atoms with Crippen LogP contribution in [-0.4, -0.2) is 57.3 Å². The normalized spacial score (nSPS) is 17.2. The monoisotopic (exact) mass is 476 g/mol. The molecule has 2 aromatic heterocycles. The van der Waals surface area contributed by atoms with Crippen LogP contribution in [0.25, 0.3) is 22.0 Å². The Labute approximate surface area is 205 Å². The predicted molar refractivity (Wildman–Crippen MR) is 136 cm³/mol. The third-order valence-corrected chi connectivity index (χ3v) is 8.15. The molecule has 2 fully saturated rings. The molecule has 34 heavy (non-hydrogen) atoms. The fraction of sp³-hybridized carbons (Fsp3) is 0.444. The van der Waals surface area contributed by atoms with Crippen molar-refractivity contribution in [2.45, 2.75) is 52.0 Å². The van der Waals surface area contributed by atoms with Crippen LogP contribution in [-0.2, 0) is 4.79 Å². The molecule has 2 amide bonds. The Morgan fingerprint density at radius 1 is 0.971 bits per heavy atom. The van der Waals surface area contributed by atoms with Crippen molar-refractivity contribution in [2.75, 3.05) is 26.2 Å². The number of piperazine rings is 1. The number of carbonyl (C=O) groups excluding carboxylic acids is 2. The highest BCUT2D eigenvalue weighted by molar-refractivity contribution is 7.13. The second kappa shape index (κ2) is 9.74. The molecule has 3 heterocycles. The molecule has 1 saturated heterocycles. The summed E-state index contributed by atoms with van der Waals surface area (Å²) in [7, 11) is 0. The van der Waals surface area contributed by atoms with Crippen LogP contribution in [0.4, 0.5) is 0 Å². The lowest BCUT2D eigenvalue weighted by atomic mass is 9.95. The van der Waals surface area contributed by atoms with Gasteiger partial charge in [0.25, 0.3) is 5.91 Å². The van der Waals surface area contributed by atoms with E-state index in [1.54, 1.807) is 18.3 Å². The molecule has 0 atom stereocenters. The first-order valence-electron chi connectivity index (χ1n) is 12.3. The first-order valence-corrected chi connectivity index (χ1v) is 13.2. The van der Waals surface area contributed by atoms with E-state index in [2.05, 4.69) is 35.1 Å². The highest BCUT2D eigenvalue weighted by Crippen LogP contribution is 2.38. The van der Waals surface area contributed by atoms with Gasteiger partial charge in [-0.3, -0.25) is 9.59 Å². The van der Waals surface area contributed by atoms with Gasteiger partial charge in [-0.15, -0.1) is 11.3 Å². The van der Waals surface area contributed by atoms with Crippen LogP contribution in [0.3, 0.4) is 0 Å². The standard InChI is InChI=1S/C27H32N4O2S/c1-19-23(27(33)30-15-13-29(14-16-30)20(2)32)17-25(31(19)22-11-7-4-8-12-22)24-18-34-26(28-24)21-9-5-3-6-10-21/h3,5-6,9-10,17-18,22H,4,7-8,11-16H2,1-2H3. The maximum absolute atomic E-state index is 13.6. The number of rotatable bonds is 4. The SMILES string of the molecule is CC(=O)N1CCN(C(=O)c2cc(-c3csc(-c4ccccc4)n3)n(C3CCCCC3)c2C)CC1. The number of aromatic nitrogens is 2. The lowest BCUT2D eigenvalue weighted by Crippen LogP contribution is -2.50. The fourth-order valence-corrected chi connectivity index (χ4v) is 6.16. The molecule has 5 rings (SSSR count). The minimum absolute atomic E-state index is 0.0648. The Balaban J connectivity index is 1.49. The first-order chi connectivity index (χ1) is 16.5. The predicted octanol–water partition coefficient (Wildman–Crippen LogP) is 5.40. The lowest BCUT2D eigenvalue weighted by molar-refractivity contribution is -0.130. The molecule has 0 unspecified atom stereocenters. The average molecular weight is 477 g/mol. The maximum atomic E-state index is 13.6. The Morgan fingerprint density at radius 2 is 1.65 bits per heavy atom. The van der Waals surface area contributed by atoms with Crippen molar-refractivity contribution >= 4 is 23.2 Å². The molecule has 3 aromatic rings. The van der Waals surface area contributed by atoms with Crippen molar-refractivity contribution in [3.05, 3.63) is 53.0 Å². The molecular formula is C27H32N4O2S. The van der Waals surface area contributed by atoms with Crippen LogP contribution in [0.15, 0.2) is 41.8 Å². The van der Waals surface area contributed by atoms with Gasteiger partial charge in [0.05, 0.1) is 17.0 Å². The van der Waals surface area contributed by atoms with E-state index < -0.39 is 0 Å². The molecule has 1 aliphatic carbocycles. The van der Waals surface area contributed by atoms with E-state index in [0.29, 0.717) is 32.2 Å². The summed E-state index contributed by atoms with van der Waals surface area (Å²) in [5.41, 5.74) is 4.92. The van der Waals surface area contributed by atoms with Crippen molar-refractivity contribution in [3.8, 4) is 22.0 Å². The van der Waals surface area contributed by atoms with E-state index in [-0.39, 0.29) is 11.8 Å². The number of thiazole rings is 1. The van der Waals surface area contributed by atoms with Crippen LogP contribution in [0.2, 0.25) is 0 Å². The first kappa shape index (κ1) is 22.8. The number of hydrogen-bond acceptors (Lipinski definition) is 4. The van der Waals surface area contributed by atoms with E-state index in [0.717, 1.165) is 46.1 Å². The minimum Gasteiger partial charge on any atom is -0.340 e. The molecule has 0 spiro atoms. The topological polar surface area (TPSA) is 58.4 Å². The van der Waals surface area contributed by atoms with Gasteiger partial charge >= 0.3 is 0 Å². The summed E-state index contributed by atoms with van der Waals surface area (Å²) in [6.07, 6.45) is 6.02. The molecule has 6 nitrogen and oxygen atoms in total. The second-order valence-corrected chi connectivity index (χ2v) is 10.3. The van der Waals surface area contributed by atoms with Gasteiger partial charge in [-0.2, -0.15) is 0 Å². The summed E-state index contributed by atoms with van der Waals surface area (Å²) in [5, 5.41) is 3.12. The molecule has 2 aliphatic rings. The largest absolute Gasteiger partial charge is 0.340 e. The van der Waals surface area contributed by atoms with Crippen molar-refractivity contribution in [1.29, 1.82) is 0 Å². The summed E-state index contributed by atoms with van der Waals surface area (Å²) in [6, 6.07) is 12.7. The number of benzene rings is 1. The average Bonchev–Trinajstić information content (AvgIpc) is 3.50. The van der Waals surface area contributed by atoms with E-state index in [1.807, 2.05) is 28.0 Å². The van der Waals surface area contributed by atoms with Gasteiger partial charge in [0.15, 0.2) is 0 Å². The van der Waals surface area contributed by atoms with E-state index >= 15 is 0 Å². The van der Waals surface area contributed by atoms with Crippen molar-refractivity contribution < 1.29 is 9.59 Å². The van der Waals surface area contributed by atoms with Crippen molar-refractivity contribution in [2.24, 2.45) is 0 Å². The summed E-state index contributed by atoms with van der Waals surface area (Å²) in [6.45, 7) is 6.04. The Kier molecular flexibility index (Phi) is 6.55. The van der Waals surface area contributed by atoms with Crippen LogP contribution < -0.4 is 0 Å². The molecule has 7 heteroatoms. The van der Waals surface area contributed by atoms with E-state index in [9.17, 15) is 9.59 Å². The molecule has 1 saturated carbocycles. The van der Waals surface area contributed by atoms with Gasteiger partial charge in [0, 0.05) is 55.8 Å². The fourth-order valence-electron chi connectivity index (χ4n) is 5.34. The van der Waals surface area contributed by atoms with Gasteiger partial charge in [-0.1, -0.05) is 49.6 Å². The summed E-state index contributed by atoms with van der Waals surface area (Å²) in [4.78, 5) is 34.0. The number of hydrogen-bond donors (Lipinski definition) is 0. The molecule has 1 aliphatic heterocycles. The van der Waals surface area contributed by atoms with Gasteiger partial charge in [-0.05, 0) is 25.8 Å². The summed E-state index contributed by atoms with van der Waals surface area (Å²) < 4.78 is 2.39. The highest BCUT2D eigenvalue weighted by Gasteiger charge is 2.29. The number of amides is 2. The van der Waals surface area contributed by atoms with Crippen LogP contribution >= 0.6 is 11.3 Å². The second-order valence-electron chi connectivity index (χ2n) is 9.39. The molecule has 1 aromatic carbocycles. The lowest BCUT2D eigenvalue weighted by Gasteiger charge is -2.34. The quantitative estimate of drug-likeness (QED) is 0.507. The van der Waals surface area contributed by atoms with E-state index in [1.165, 1.54) is 19.3 Å². The van der Waals surface area contributed by atoms with Crippen molar-refractivity contribution in [3.63, 3.8) is 0 Å². The van der Waals surface area contributed by atoms with Gasteiger partial charge in [-0.25, -0.2) is 4.98 Å². The molecule has 178 valence electrons. The zero-order valence-electron chi connectivity index (χ0n) is 20.0. The smallest absolute Gasteiger partial charge is 0.255 e. The maximum Gasteiger partial charge on any atom is 0.255 e. The molecular weight excluding hydrogens is 444 g/mol. The van der Waals surface area contributed by atoms with Crippen molar-refractivity contribution in [1.82, 2.24) is 19.4 Å². The summed E-state index contributed by atoms with van der Waals surface area (Å²) >= 11 is 1.65. The molecule has 0 bridgehead atoms. The number of nitrogens with zero attached hydrogens (tertiary/aromatic N) is 4. The minimum atomic E-state index is 0.0648. The Bertz CT molecular complexity index is 1170. The zero-order valence-corrected chi connectivity index (χ0v) is 20.8. The van der Waals surface area contributed by atoms with Gasteiger partial charge in [0.1, 0.15) is 5.01 Å². The third kappa shape index (κ3) is 4.41. The van der Waals surface area contributed by atoms with Crippen LogP contribution in [0, 0.1) is 6.92 Å². The van der Waals surface area contributed by atoms with Gasteiger partial charge in [0.2, 0.25) is 5.91 Å². The Hall–Kier alpha value is -2.93. The van der Waals surface area contributed by atoms with Crippen LogP contribution in [0.1, 0.15) is 61.1 Å². The number of carbonyl (C=O) groups is 2. The molecule has 0 radical (unpaired) electrons. The van der Waals surface area contributed by atoms with Crippen LogP contribution in [0.5, 0.6) is 0 Å². The summed E-state index contributed by atoms with van der Waals surface area (Å²) in [5.74, 6) is 0.141. The van der Waals surface area contributed by atoms with E-state index in [4.69, 9.17) is 4.98 Å². The highest BCUT2D eigenvalue weighted by atomic mass is 32.1. The van der Waals surface area contributed by atoms with Gasteiger partial charge < -0.3 is 14.4 Å².